The van der Waals surface area contributed by atoms with Gasteiger partial charge in [0.15, 0.2) is 0 Å². The third kappa shape index (κ3) is 1.87. The Morgan fingerprint density at radius 3 is 1.82 bits per heavy atom. The maximum Gasteiger partial charge on any atom is 0.253 e. The summed E-state index contributed by atoms with van der Waals surface area (Å²) in [5.74, 6) is -0.303. The highest BCUT2D eigenvalue weighted by atomic mass is 35.5. The van der Waals surface area contributed by atoms with Gasteiger partial charge in [-0.1, -0.05) is 0 Å². The molecule has 0 fully saturated rings. The number of anilines is 2. The average Bonchev–Trinajstić information content (AvgIpc) is 2.03. The maximum absolute atomic E-state index is 8.31. The van der Waals surface area contributed by atoms with Gasteiger partial charge in [0.2, 0.25) is 5.28 Å². The number of halogens is 1. The monoisotopic (exact) mass is 177 g/mol. The van der Waals surface area contributed by atoms with E-state index in [1.165, 1.54) is 0 Å². The lowest BCUT2D eigenvalue weighted by atomic mass is 10.9. The fourth-order valence-electron chi connectivity index (χ4n) is 0.450. The van der Waals surface area contributed by atoms with Crippen LogP contribution in [0, 0.1) is 0 Å². The van der Waals surface area contributed by atoms with Crippen molar-refractivity contribution in [1.29, 1.82) is 0 Å². The minimum absolute atomic E-state index is 0.145. The zero-order valence-electron chi connectivity index (χ0n) is 5.11. The fourth-order valence-corrected chi connectivity index (χ4v) is 0.610. The Bertz CT molecular complexity index is 233. The van der Waals surface area contributed by atoms with Gasteiger partial charge in [-0.3, -0.25) is 10.4 Å². The summed E-state index contributed by atoms with van der Waals surface area (Å²) < 4.78 is 0. The van der Waals surface area contributed by atoms with Crippen LogP contribution in [0.2, 0.25) is 5.28 Å². The Morgan fingerprint density at radius 2 is 1.45 bits per heavy atom. The first kappa shape index (κ1) is 7.92. The number of aromatic nitrogens is 3. The smallest absolute Gasteiger partial charge is 0.253 e. The second kappa shape index (κ2) is 3.28. The summed E-state index contributed by atoms with van der Waals surface area (Å²) in [6, 6.07) is 0. The molecule has 0 amide bonds. The van der Waals surface area contributed by atoms with E-state index in [2.05, 4.69) is 15.0 Å². The number of hydrogen-bond acceptors (Lipinski definition) is 7. The summed E-state index contributed by atoms with van der Waals surface area (Å²) in [6.07, 6.45) is 0. The summed E-state index contributed by atoms with van der Waals surface area (Å²) in [5, 5.41) is 16.5. The molecule has 0 unspecified atom stereocenters. The third-order valence-electron chi connectivity index (χ3n) is 0.808. The molecular weight excluding hydrogens is 174 g/mol. The first-order valence-corrected chi connectivity index (χ1v) is 2.86. The van der Waals surface area contributed by atoms with Crippen LogP contribution in [-0.2, 0) is 0 Å². The number of rotatable bonds is 2. The molecule has 8 heteroatoms. The van der Waals surface area contributed by atoms with Crippen LogP contribution in [0.15, 0.2) is 0 Å². The Balaban J connectivity index is 3.02. The molecule has 0 aliphatic heterocycles. The summed E-state index contributed by atoms with van der Waals surface area (Å²) in [6.45, 7) is 0. The number of nitrogens with zero attached hydrogens (tertiary/aromatic N) is 3. The van der Waals surface area contributed by atoms with E-state index in [0.717, 1.165) is 0 Å². The van der Waals surface area contributed by atoms with Crippen molar-refractivity contribution in [3.8, 4) is 0 Å². The lowest BCUT2D eigenvalue weighted by Gasteiger charge is -1.99. The lowest BCUT2D eigenvalue weighted by molar-refractivity contribution is 0.374. The highest BCUT2D eigenvalue weighted by Gasteiger charge is 2.01. The van der Waals surface area contributed by atoms with Crippen LogP contribution in [0.25, 0.3) is 0 Å². The average molecular weight is 178 g/mol. The van der Waals surface area contributed by atoms with Crippen molar-refractivity contribution in [2.45, 2.75) is 0 Å². The molecule has 0 radical (unpaired) electrons. The van der Waals surface area contributed by atoms with Gasteiger partial charge >= 0.3 is 0 Å². The van der Waals surface area contributed by atoms with E-state index in [1.807, 2.05) is 0 Å². The van der Waals surface area contributed by atoms with E-state index >= 15 is 0 Å². The van der Waals surface area contributed by atoms with Gasteiger partial charge in [0.1, 0.15) is 0 Å². The van der Waals surface area contributed by atoms with Crippen LogP contribution < -0.4 is 11.0 Å². The zero-order valence-corrected chi connectivity index (χ0v) is 5.87. The standard InChI is InChI=1S/C3H4ClN5O2/c4-1-5-2(8-10)7-3(6-1)9-11/h10-11H,(H2,5,6,7,8,9). The molecule has 11 heavy (non-hydrogen) atoms. The van der Waals surface area contributed by atoms with Gasteiger partial charge in [-0.25, -0.2) is 11.0 Å². The van der Waals surface area contributed by atoms with Gasteiger partial charge in [-0.15, -0.1) is 0 Å². The molecule has 60 valence electrons. The Morgan fingerprint density at radius 1 is 1.00 bits per heavy atom. The first-order valence-electron chi connectivity index (χ1n) is 2.48. The van der Waals surface area contributed by atoms with Crippen molar-refractivity contribution in [3.63, 3.8) is 0 Å². The van der Waals surface area contributed by atoms with Crippen LogP contribution in [0.5, 0.6) is 0 Å². The minimum Gasteiger partial charge on any atom is -0.288 e. The van der Waals surface area contributed by atoms with Crippen molar-refractivity contribution < 1.29 is 10.4 Å². The topological polar surface area (TPSA) is 103 Å². The number of hydrogen-bond donors (Lipinski definition) is 4. The molecule has 0 saturated heterocycles. The molecule has 0 spiro atoms. The fraction of sp³-hybridized carbons (Fsp3) is 0. The molecule has 0 saturated carbocycles. The normalized spacial score (nSPS) is 9.36. The quantitative estimate of drug-likeness (QED) is 0.476. The van der Waals surface area contributed by atoms with Gasteiger partial charge in [0.05, 0.1) is 0 Å². The van der Waals surface area contributed by atoms with Gasteiger partial charge in [0.25, 0.3) is 11.9 Å². The van der Waals surface area contributed by atoms with E-state index in [-0.39, 0.29) is 17.2 Å². The van der Waals surface area contributed by atoms with E-state index in [9.17, 15) is 0 Å². The first-order chi connectivity index (χ1) is 5.26. The predicted molar refractivity (Wildman–Crippen MR) is 35.7 cm³/mol. The maximum atomic E-state index is 8.31. The van der Waals surface area contributed by atoms with Crippen LogP contribution >= 0.6 is 11.6 Å². The Hall–Kier alpha value is -1.18. The van der Waals surface area contributed by atoms with Crippen LogP contribution in [0.3, 0.4) is 0 Å². The number of nitrogens with one attached hydrogen (secondary N) is 2. The van der Waals surface area contributed by atoms with E-state index in [0.29, 0.717) is 0 Å². The molecule has 0 aliphatic rings. The molecule has 1 heterocycles. The second-order valence-corrected chi connectivity index (χ2v) is 1.81. The SMILES string of the molecule is ONc1nc(Cl)nc(NO)n1. The van der Waals surface area contributed by atoms with Gasteiger partial charge in [0, 0.05) is 0 Å². The minimum atomic E-state index is -0.151. The van der Waals surface area contributed by atoms with Crippen molar-refractivity contribution in [2.24, 2.45) is 0 Å². The third-order valence-corrected chi connectivity index (χ3v) is 0.977. The Labute approximate surface area is 66.0 Å². The summed E-state index contributed by atoms with van der Waals surface area (Å²) >= 11 is 5.34. The van der Waals surface area contributed by atoms with Crippen LogP contribution in [-0.4, -0.2) is 25.4 Å². The van der Waals surface area contributed by atoms with Crippen molar-refractivity contribution in [2.75, 3.05) is 11.0 Å². The van der Waals surface area contributed by atoms with Gasteiger partial charge in [-0.2, -0.15) is 15.0 Å². The Kier molecular flexibility index (Phi) is 2.36. The van der Waals surface area contributed by atoms with Gasteiger partial charge in [-0.05, 0) is 11.6 Å². The zero-order chi connectivity index (χ0) is 8.27. The molecule has 1 aromatic heterocycles. The van der Waals surface area contributed by atoms with Crippen molar-refractivity contribution in [3.05, 3.63) is 5.28 Å². The van der Waals surface area contributed by atoms with Crippen molar-refractivity contribution >= 4 is 23.5 Å². The van der Waals surface area contributed by atoms with E-state index < -0.39 is 0 Å². The molecule has 7 nitrogen and oxygen atoms in total. The molecule has 1 aromatic rings. The van der Waals surface area contributed by atoms with E-state index in [4.69, 9.17) is 22.0 Å². The molecule has 0 atom stereocenters. The molecule has 0 aliphatic carbocycles. The van der Waals surface area contributed by atoms with E-state index in [1.54, 1.807) is 11.0 Å². The van der Waals surface area contributed by atoms with Crippen LogP contribution in [0.1, 0.15) is 0 Å². The summed E-state index contributed by atoms with van der Waals surface area (Å²) in [7, 11) is 0. The molecule has 0 aromatic carbocycles. The lowest BCUT2D eigenvalue weighted by Crippen LogP contribution is -2.03. The van der Waals surface area contributed by atoms with Gasteiger partial charge < -0.3 is 0 Å². The summed E-state index contributed by atoms with van der Waals surface area (Å²) in [5.41, 5.74) is 3.29. The predicted octanol–water partition coefficient (Wildman–Crippen LogP) is 0.127. The molecule has 4 N–H and O–H groups in total. The van der Waals surface area contributed by atoms with Crippen LogP contribution in [0.4, 0.5) is 11.9 Å². The molecular formula is C3H4ClN5O2. The second-order valence-electron chi connectivity index (χ2n) is 1.48. The largest absolute Gasteiger partial charge is 0.288 e. The van der Waals surface area contributed by atoms with Crippen molar-refractivity contribution in [1.82, 2.24) is 15.0 Å². The molecule has 1 rings (SSSR count). The highest BCUT2D eigenvalue weighted by molar-refractivity contribution is 6.28. The molecule has 0 bridgehead atoms. The summed E-state index contributed by atoms with van der Waals surface area (Å²) in [4.78, 5) is 10.3. The highest BCUT2D eigenvalue weighted by Crippen LogP contribution is 2.07.